The first kappa shape index (κ1) is 18.6. The fraction of sp³-hybridized carbons (Fsp3) is 0.350. The van der Waals surface area contributed by atoms with Gasteiger partial charge in [-0.2, -0.15) is 9.97 Å². The van der Waals surface area contributed by atoms with Crippen LogP contribution in [0.2, 0.25) is 0 Å². The lowest BCUT2D eigenvalue weighted by molar-refractivity contribution is 0.122. The monoisotopic (exact) mass is 396 g/mol. The van der Waals surface area contributed by atoms with E-state index in [0.29, 0.717) is 30.8 Å². The number of fused-ring (bicyclic) bond motifs is 1. The third-order valence-corrected chi connectivity index (χ3v) is 5.08. The normalized spacial score (nSPS) is 15.9. The number of ether oxygens (including phenoxy) is 1. The average molecular weight is 397 g/mol. The standard InChI is InChI=1S/C20H24N6OS/c1-2-7-21-20(28)24-19-22-17(25-8-10-27-11-9-25)12-18(23-19)26-13-15-5-3-4-6-16(15)14-26/h2-6,12H,1,7-11,13-14H2,(H2,21,22,23,24,28). The SMILES string of the molecule is C=CCNC(=S)Nc1nc(N2CCOCC2)cc(N2Cc3ccccc3C2)n1. The van der Waals surface area contributed by atoms with Crippen molar-refractivity contribution in [3.05, 3.63) is 54.1 Å². The van der Waals surface area contributed by atoms with Crippen LogP contribution in [-0.4, -0.2) is 47.9 Å². The summed E-state index contributed by atoms with van der Waals surface area (Å²) in [5.74, 6) is 2.27. The number of hydrogen-bond donors (Lipinski definition) is 2. The van der Waals surface area contributed by atoms with Gasteiger partial charge in [0.05, 0.1) is 13.2 Å². The van der Waals surface area contributed by atoms with Crippen LogP contribution in [0.15, 0.2) is 43.0 Å². The van der Waals surface area contributed by atoms with Gasteiger partial charge in [-0.05, 0) is 23.3 Å². The number of morpholine rings is 1. The van der Waals surface area contributed by atoms with Crippen LogP contribution in [0, 0.1) is 0 Å². The lowest BCUT2D eigenvalue weighted by Crippen LogP contribution is -2.37. The van der Waals surface area contributed by atoms with Crippen LogP contribution in [0.3, 0.4) is 0 Å². The minimum absolute atomic E-state index is 0.481. The predicted octanol–water partition coefficient (Wildman–Crippen LogP) is 2.31. The molecule has 2 aliphatic heterocycles. The maximum atomic E-state index is 5.48. The maximum Gasteiger partial charge on any atom is 0.232 e. The first-order valence-electron chi connectivity index (χ1n) is 9.42. The summed E-state index contributed by atoms with van der Waals surface area (Å²) in [4.78, 5) is 13.9. The molecule has 8 heteroatoms. The molecule has 0 radical (unpaired) electrons. The van der Waals surface area contributed by atoms with Crippen molar-refractivity contribution in [2.24, 2.45) is 0 Å². The second-order valence-electron chi connectivity index (χ2n) is 6.76. The highest BCUT2D eigenvalue weighted by molar-refractivity contribution is 7.80. The van der Waals surface area contributed by atoms with Gasteiger partial charge in [-0.25, -0.2) is 0 Å². The molecule has 1 fully saturated rings. The van der Waals surface area contributed by atoms with Crippen molar-refractivity contribution in [1.29, 1.82) is 0 Å². The van der Waals surface area contributed by atoms with Crippen molar-refractivity contribution >= 4 is 34.9 Å². The fourth-order valence-electron chi connectivity index (χ4n) is 3.40. The number of nitrogens with zero attached hydrogens (tertiary/aromatic N) is 4. The average Bonchev–Trinajstić information content (AvgIpc) is 3.17. The molecule has 2 aromatic rings. The van der Waals surface area contributed by atoms with Crippen molar-refractivity contribution in [1.82, 2.24) is 15.3 Å². The quantitative estimate of drug-likeness (QED) is 0.590. The van der Waals surface area contributed by atoms with Crippen LogP contribution >= 0.6 is 12.2 Å². The number of nitrogens with one attached hydrogen (secondary N) is 2. The summed E-state index contributed by atoms with van der Waals surface area (Å²) in [6.45, 7) is 9.00. The molecule has 0 spiro atoms. The summed E-state index contributed by atoms with van der Waals surface area (Å²) < 4.78 is 5.48. The number of anilines is 3. The summed E-state index contributed by atoms with van der Waals surface area (Å²) >= 11 is 5.34. The van der Waals surface area contributed by atoms with E-state index in [9.17, 15) is 0 Å². The highest BCUT2D eigenvalue weighted by Gasteiger charge is 2.22. The Morgan fingerprint density at radius 3 is 2.39 bits per heavy atom. The minimum atomic E-state index is 0.481. The van der Waals surface area contributed by atoms with Crippen LogP contribution in [-0.2, 0) is 17.8 Å². The van der Waals surface area contributed by atoms with Gasteiger partial charge in [-0.1, -0.05) is 30.3 Å². The zero-order valence-electron chi connectivity index (χ0n) is 15.7. The van der Waals surface area contributed by atoms with Gasteiger partial charge in [0.15, 0.2) is 5.11 Å². The second kappa shape index (κ2) is 8.53. The Bertz CT molecular complexity index is 843. The van der Waals surface area contributed by atoms with Crippen molar-refractivity contribution < 1.29 is 4.74 Å². The van der Waals surface area contributed by atoms with Crippen molar-refractivity contribution in [2.45, 2.75) is 13.1 Å². The number of aromatic nitrogens is 2. The van der Waals surface area contributed by atoms with Gasteiger partial charge in [-0.3, -0.25) is 0 Å². The molecule has 0 atom stereocenters. The highest BCUT2D eigenvalue weighted by atomic mass is 32.1. The predicted molar refractivity (Wildman–Crippen MR) is 116 cm³/mol. The molecule has 0 bridgehead atoms. The first-order chi connectivity index (χ1) is 13.7. The molecule has 1 aromatic heterocycles. The van der Waals surface area contributed by atoms with E-state index in [1.54, 1.807) is 6.08 Å². The summed E-state index contributed by atoms with van der Waals surface area (Å²) in [6, 6.07) is 10.6. The molecule has 7 nitrogen and oxygen atoms in total. The van der Waals surface area contributed by atoms with E-state index in [0.717, 1.165) is 37.8 Å². The molecule has 4 rings (SSSR count). The molecule has 2 aliphatic rings. The van der Waals surface area contributed by atoms with Gasteiger partial charge in [0.1, 0.15) is 11.6 Å². The Kier molecular flexibility index (Phi) is 5.68. The molecule has 28 heavy (non-hydrogen) atoms. The highest BCUT2D eigenvalue weighted by Crippen LogP contribution is 2.29. The summed E-state index contributed by atoms with van der Waals surface area (Å²) in [5.41, 5.74) is 2.68. The van der Waals surface area contributed by atoms with Crippen molar-refractivity contribution in [3.8, 4) is 0 Å². The molecule has 0 amide bonds. The molecule has 0 unspecified atom stereocenters. The Balaban J connectivity index is 1.60. The zero-order chi connectivity index (χ0) is 19.3. The Labute approximate surface area is 170 Å². The van der Waals surface area contributed by atoms with E-state index in [1.807, 2.05) is 0 Å². The maximum absolute atomic E-state index is 5.48. The molecule has 1 saturated heterocycles. The van der Waals surface area contributed by atoms with Gasteiger partial charge in [-0.15, -0.1) is 6.58 Å². The van der Waals surface area contributed by atoms with Gasteiger partial charge < -0.3 is 25.2 Å². The lowest BCUT2D eigenvalue weighted by atomic mass is 10.1. The Hall–Kier alpha value is -2.71. The topological polar surface area (TPSA) is 65.6 Å². The second-order valence-corrected chi connectivity index (χ2v) is 7.16. The largest absolute Gasteiger partial charge is 0.378 e. The first-order valence-corrected chi connectivity index (χ1v) is 9.83. The van der Waals surface area contributed by atoms with E-state index in [-0.39, 0.29) is 0 Å². The molecular weight excluding hydrogens is 372 g/mol. The Morgan fingerprint density at radius 2 is 1.75 bits per heavy atom. The zero-order valence-corrected chi connectivity index (χ0v) is 16.5. The van der Waals surface area contributed by atoms with Crippen LogP contribution in [0.5, 0.6) is 0 Å². The van der Waals surface area contributed by atoms with Crippen LogP contribution in [0.4, 0.5) is 17.6 Å². The number of thiocarbonyl (C=S) groups is 1. The van der Waals surface area contributed by atoms with Gasteiger partial charge in [0.25, 0.3) is 0 Å². The minimum Gasteiger partial charge on any atom is -0.378 e. The molecule has 2 N–H and O–H groups in total. The Morgan fingerprint density at radius 1 is 1.11 bits per heavy atom. The van der Waals surface area contributed by atoms with E-state index in [4.69, 9.17) is 26.9 Å². The molecule has 0 aliphatic carbocycles. The lowest BCUT2D eigenvalue weighted by Gasteiger charge is -2.29. The van der Waals surface area contributed by atoms with Crippen molar-refractivity contribution in [2.75, 3.05) is 48.0 Å². The molecule has 146 valence electrons. The molecule has 0 saturated carbocycles. The molecule has 3 heterocycles. The summed E-state index contributed by atoms with van der Waals surface area (Å²) in [5, 5.41) is 6.65. The summed E-state index contributed by atoms with van der Waals surface area (Å²) in [6.07, 6.45) is 1.76. The number of hydrogen-bond acceptors (Lipinski definition) is 6. The van der Waals surface area contributed by atoms with E-state index in [1.165, 1.54) is 11.1 Å². The van der Waals surface area contributed by atoms with Gasteiger partial charge in [0, 0.05) is 38.8 Å². The molecule has 1 aromatic carbocycles. The number of rotatable bonds is 5. The van der Waals surface area contributed by atoms with Gasteiger partial charge in [0.2, 0.25) is 5.95 Å². The van der Waals surface area contributed by atoms with Crippen molar-refractivity contribution in [3.63, 3.8) is 0 Å². The van der Waals surface area contributed by atoms with E-state index < -0.39 is 0 Å². The van der Waals surface area contributed by atoms with Crippen LogP contribution in [0.25, 0.3) is 0 Å². The molecular formula is C20H24N6OS. The van der Waals surface area contributed by atoms with Gasteiger partial charge >= 0.3 is 0 Å². The smallest absolute Gasteiger partial charge is 0.232 e. The fourth-order valence-corrected chi connectivity index (χ4v) is 3.57. The van der Waals surface area contributed by atoms with Crippen LogP contribution in [0.1, 0.15) is 11.1 Å². The third kappa shape index (κ3) is 4.23. The third-order valence-electron chi connectivity index (χ3n) is 4.83. The number of benzene rings is 1. The summed E-state index contributed by atoms with van der Waals surface area (Å²) in [7, 11) is 0. The van der Waals surface area contributed by atoms with Crippen LogP contribution < -0.4 is 20.4 Å². The van der Waals surface area contributed by atoms with E-state index >= 15 is 0 Å². The van der Waals surface area contributed by atoms with E-state index in [2.05, 4.69) is 57.3 Å².